The molecule has 0 aliphatic rings. The summed E-state index contributed by atoms with van der Waals surface area (Å²) < 4.78 is 31.6. The Morgan fingerprint density at radius 2 is 1.71 bits per heavy atom. The standard InChI is InChI=1S/C5H12N2O2.H2O4S/c6-2-1-5(9)4(7)3-8;1-5(2,3)4/h4,8H,1-3,6-7H2;(H2,1,2,3,4). The van der Waals surface area contributed by atoms with Crippen LogP contribution in [-0.4, -0.2) is 47.6 Å². The highest BCUT2D eigenvalue weighted by Gasteiger charge is 2.09. The molecule has 8 nitrogen and oxygen atoms in total. The van der Waals surface area contributed by atoms with E-state index in [-0.39, 0.29) is 18.8 Å². The number of nitrogens with two attached hydrogens (primary N) is 2. The summed E-state index contributed by atoms with van der Waals surface area (Å²) in [6.07, 6.45) is 0.252. The molecule has 0 fully saturated rings. The summed E-state index contributed by atoms with van der Waals surface area (Å²) in [7, 11) is -4.67. The molecule has 0 aliphatic carbocycles. The minimum absolute atomic E-state index is 0.181. The number of carbonyl (C=O) groups excluding carboxylic acids is 1. The van der Waals surface area contributed by atoms with Crippen molar-refractivity contribution in [2.24, 2.45) is 11.5 Å². The molecule has 14 heavy (non-hydrogen) atoms. The first-order valence-electron chi connectivity index (χ1n) is 3.51. The smallest absolute Gasteiger partial charge is 0.394 e. The van der Waals surface area contributed by atoms with Crippen LogP contribution in [0.4, 0.5) is 0 Å². The van der Waals surface area contributed by atoms with E-state index < -0.39 is 16.4 Å². The Kier molecular flexibility index (Phi) is 8.83. The highest BCUT2D eigenvalue weighted by Crippen LogP contribution is 1.84. The number of Topliss-reactive ketones (excluding diaryl/α,β-unsaturated/α-hetero) is 1. The van der Waals surface area contributed by atoms with Crippen molar-refractivity contribution in [3.05, 3.63) is 0 Å². The van der Waals surface area contributed by atoms with E-state index in [1.807, 2.05) is 0 Å². The third kappa shape index (κ3) is 17.5. The summed E-state index contributed by atoms with van der Waals surface area (Å²) in [5.74, 6) is -0.181. The molecule has 0 aromatic rings. The number of aliphatic hydroxyl groups excluding tert-OH is 1. The molecule has 0 aliphatic heterocycles. The largest absolute Gasteiger partial charge is 0.394 e. The normalized spacial score (nSPS) is 12.6. The van der Waals surface area contributed by atoms with Crippen LogP contribution in [0.25, 0.3) is 0 Å². The molecular formula is C5H14N2O6S. The molecule has 0 aromatic carbocycles. The molecule has 86 valence electrons. The number of hydrogen-bond donors (Lipinski definition) is 5. The Morgan fingerprint density at radius 1 is 1.36 bits per heavy atom. The van der Waals surface area contributed by atoms with Gasteiger partial charge in [-0.2, -0.15) is 8.42 Å². The van der Waals surface area contributed by atoms with Crippen molar-refractivity contribution in [1.29, 1.82) is 0 Å². The van der Waals surface area contributed by atoms with E-state index in [2.05, 4.69) is 0 Å². The zero-order chi connectivity index (χ0) is 11.8. The van der Waals surface area contributed by atoms with Crippen LogP contribution in [-0.2, 0) is 15.2 Å². The van der Waals surface area contributed by atoms with Crippen molar-refractivity contribution in [2.45, 2.75) is 12.5 Å². The fourth-order valence-corrected chi connectivity index (χ4v) is 0.429. The molecule has 0 bridgehead atoms. The van der Waals surface area contributed by atoms with Crippen LogP contribution in [0.15, 0.2) is 0 Å². The molecule has 7 N–H and O–H groups in total. The Labute approximate surface area is 81.5 Å². The number of rotatable bonds is 4. The molecule has 0 saturated heterocycles. The summed E-state index contributed by atoms with van der Waals surface area (Å²) >= 11 is 0. The van der Waals surface area contributed by atoms with Crippen LogP contribution in [0.2, 0.25) is 0 Å². The quantitative estimate of drug-likeness (QED) is 0.333. The molecule has 0 amide bonds. The molecule has 1 unspecified atom stereocenters. The summed E-state index contributed by atoms with van der Waals surface area (Å²) in [5.41, 5.74) is 10.2. The predicted molar refractivity (Wildman–Crippen MR) is 47.9 cm³/mol. The van der Waals surface area contributed by atoms with Crippen LogP contribution in [0, 0.1) is 0 Å². The van der Waals surface area contributed by atoms with Gasteiger partial charge in [0.25, 0.3) is 0 Å². The van der Waals surface area contributed by atoms with Crippen LogP contribution in [0.3, 0.4) is 0 Å². The fourth-order valence-electron chi connectivity index (χ4n) is 0.429. The Bertz CT molecular complexity index is 243. The van der Waals surface area contributed by atoms with Gasteiger partial charge in [-0.1, -0.05) is 0 Å². The molecule has 0 spiro atoms. The lowest BCUT2D eigenvalue weighted by Crippen LogP contribution is -2.35. The Morgan fingerprint density at radius 3 is 1.93 bits per heavy atom. The maximum absolute atomic E-state index is 10.6. The van der Waals surface area contributed by atoms with E-state index in [4.69, 9.17) is 34.1 Å². The van der Waals surface area contributed by atoms with Gasteiger partial charge in [-0.05, 0) is 6.54 Å². The average Bonchev–Trinajstić information content (AvgIpc) is 2.00. The predicted octanol–water partition coefficient (Wildman–Crippen LogP) is -2.43. The molecule has 0 radical (unpaired) electrons. The van der Waals surface area contributed by atoms with E-state index in [1.165, 1.54) is 0 Å². The van der Waals surface area contributed by atoms with Crippen molar-refractivity contribution in [2.75, 3.05) is 13.2 Å². The number of aliphatic hydroxyl groups is 1. The van der Waals surface area contributed by atoms with E-state index in [9.17, 15) is 4.79 Å². The summed E-state index contributed by atoms with van der Waals surface area (Å²) in [4.78, 5) is 10.6. The third-order valence-electron chi connectivity index (χ3n) is 1.00. The second-order valence-corrected chi connectivity index (χ2v) is 3.14. The van der Waals surface area contributed by atoms with Crippen LogP contribution < -0.4 is 11.5 Å². The van der Waals surface area contributed by atoms with Gasteiger partial charge in [0.1, 0.15) is 0 Å². The van der Waals surface area contributed by atoms with E-state index in [0.29, 0.717) is 6.54 Å². The van der Waals surface area contributed by atoms with Gasteiger partial charge < -0.3 is 16.6 Å². The van der Waals surface area contributed by atoms with Gasteiger partial charge >= 0.3 is 10.4 Å². The zero-order valence-electron chi connectivity index (χ0n) is 7.33. The van der Waals surface area contributed by atoms with Gasteiger partial charge in [-0.15, -0.1) is 0 Å². The van der Waals surface area contributed by atoms with Crippen LogP contribution in [0.1, 0.15) is 6.42 Å². The highest BCUT2D eigenvalue weighted by atomic mass is 32.3. The van der Waals surface area contributed by atoms with Crippen molar-refractivity contribution in [1.82, 2.24) is 0 Å². The number of ketones is 1. The van der Waals surface area contributed by atoms with Crippen molar-refractivity contribution in [3.63, 3.8) is 0 Å². The SMILES string of the molecule is NCCC(=O)C(N)CO.O=S(=O)(O)O. The van der Waals surface area contributed by atoms with Crippen LogP contribution in [0.5, 0.6) is 0 Å². The lowest BCUT2D eigenvalue weighted by atomic mass is 10.1. The summed E-state index contributed by atoms with van der Waals surface area (Å²) in [6.45, 7) is 0.00532. The lowest BCUT2D eigenvalue weighted by Gasteiger charge is -2.03. The second kappa shape index (κ2) is 7.79. The lowest BCUT2D eigenvalue weighted by molar-refractivity contribution is -0.120. The van der Waals surface area contributed by atoms with E-state index in [1.54, 1.807) is 0 Å². The van der Waals surface area contributed by atoms with Gasteiger partial charge in [-0.25, -0.2) is 0 Å². The zero-order valence-corrected chi connectivity index (χ0v) is 8.14. The minimum Gasteiger partial charge on any atom is -0.394 e. The maximum Gasteiger partial charge on any atom is 0.394 e. The van der Waals surface area contributed by atoms with Crippen molar-refractivity contribution in [3.8, 4) is 0 Å². The first-order chi connectivity index (χ1) is 6.22. The number of hydrogen-bond acceptors (Lipinski definition) is 6. The molecule has 0 rings (SSSR count). The third-order valence-corrected chi connectivity index (χ3v) is 1.00. The van der Waals surface area contributed by atoms with Gasteiger partial charge in [-0.3, -0.25) is 13.9 Å². The van der Waals surface area contributed by atoms with Crippen molar-refractivity contribution < 1.29 is 27.4 Å². The molecular weight excluding hydrogens is 216 g/mol. The highest BCUT2D eigenvalue weighted by molar-refractivity contribution is 7.79. The van der Waals surface area contributed by atoms with Gasteiger partial charge in [0.05, 0.1) is 12.6 Å². The second-order valence-electron chi connectivity index (χ2n) is 2.24. The first kappa shape index (κ1) is 15.9. The average molecular weight is 230 g/mol. The van der Waals surface area contributed by atoms with Gasteiger partial charge in [0, 0.05) is 6.42 Å². The van der Waals surface area contributed by atoms with E-state index in [0.717, 1.165) is 0 Å². The van der Waals surface area contributed by atoms with Crippen molar-refractivity contribution >= 4 is 16.2 Å². The molecule has 0 heterocycles. The van der Waals surface area contributed by atoms with E-state index >= 15 is 0 Å². The molecule has 0 saturated carbocycles. The molecule has 1 atom stereocenters. The topological polar surface area (TPSA) is 164 Å². The van der Waals surface area contributed by atoms with Gasteiger partial charge in [0.15, 0.2) is 5.78 Å². The monoisotopic (exact) mass is 230 g/mol. The first-order valence-corrected chi connectivity index (χ1v) is 4.91. The number of carbonyl (C=O) groups is 1. The Hall–Kier alpha value is -0.580. The summed E-state index contributed by atoms with van der Waals surface area (Å²) in [5, 5.41) is 8.35. The van der Waals surface area contributed by atoms with Crippen LogP contribution >= 0.6 is 0 Å². The maximum atomic E-state index is 10.6. The summed E-state index contributed by atoms with van der Waals surface area (Å²) in [6, 6.07) is -0.742. The molecule has 9 heteroatoms. The molecule has 0 aromatic heterocycles. The fraction of sp³-hybridized carbons (Fsp3) is 0.800. The Balaban J connectivity index is 0. The minimum atomic E-state index is -4.67. The van der Waals surface area contributed by atoms with Gasteiger partial charge in [0.2, 0.25) is 0 Å².